The zero-order chi connectivity index (χ0) is 15.7. The first-order valence-corrected chi connectivity index (χ1v) is 8.47. The van der Waals surface area contributed by atoms with Crippen molar-refractivity contribution >= 4 is 5.91 Å². The summed E-state index contributed by atoms with van der Waals surface area (Å²) in [7, 11) is 0. The van der Waals surface area contributed by atoms with Gasteiger partial charge in [-0.1, -0.05) is 12.1 Å². The first-order valence-electron chi connectivity index (χ1n) is 8.47. The second-order valence-electron chi connectivity index (χ2n) is 6.45. The van der Waals surface area contributed by atoms with Crippen molar-refractivity contribution < 1.29 is 9.32 Å². The molecule has 1 aromatic rings. The Morgan fingerprint density at radius 3 is 2.73 bits per heavy atom. The first-order chi connectivity index (χ1) is 10.6. The quantitative estimate of drug-likeness (QED) is 0.854. The molecule has 3 heterocycles. The molecule has 1 amide bonds. The minimum atomic E-state index is 0.118. The Morgan fingerprint density at radius 2 is 2.05 bits per heavy atom. The van der Waals surface area contributed by atoms with Crippen LogP contribution in [-0.4, -0.2) is 51.0 Å². The van der Waals surface area contributed by atoms with Crippen molar-refractivity contribution in [1.82, 2.24) is 19.9 Å². The minimum absolute atomic E-state index is 0.118. The van der Waals surface area contributed by atoms with E-state index in [4.69, 9.17) is 4.52 Å². The zero-order valence-electron chi connectivity index (χ0n) is 13.8. The lowest BCUT2D eigenvalue weighted by atomic mass is 10.0. The highest BCUT2D eigenvalue weighted by Crippen LogP contribution is 2.35. The van der Waals surface area contributed by atoms with Gasteiger partial charge in [0.05, 0.1) is 6.04 Å². The largest absolute Gasteiger partial charge is 0.338 e. The van der Waals surface area contributed by atoms with E-state index in [1.165, 1.54) is 6.42 Å². The molecule has 6 heteroatoms. The maximum Gasteiger partial charge on any atom is 0.243 e. The molecular formula is C16H26N4O2. The molecule has 0 spiro atoms. The van der Waals surface area contributed by atoms with Crippen LogP contribution in [0.2, 0.25) is 0 Å². The summed E-state index contributed by atoms with van der Waals surface area (Å²) >= 11 is 0. The number of likely N-dealkylation sites (tertiary alicyclic amines) is 2. The van der Waals surface area contributed by atoms with E-state index in [2.05, 4.69) is 26.9 Å². The Balaban J connectivity index is 1.76. The van der Waals surface area contributed by atoms with Gasteiger partial charge in [-0.3, -0.25) is 9.69 Å². The van der Waals surface area contributed by atoms with Gasteiger partial charge >= 0.3 is 0 Å². The standard InChI is InChI=1S/C16H26N4O2/c1-4-15(21)20-10-6-8-14(20)13-7-5-9-19(13)11(2)16-17-12(3)18-22-16/h11,13-14H,4-10H2,1-3H3/t11-,13+,14+/m0/s1. The Labute approximate surface area is 131 Å². The smallest absolute Gasteiger partial charge is 0.243 e. The molecule has 0 bridgehead atoms. The molecule has 22 heavy (non-hydrogen) atoms. The summed E-state index contributed by atoms with van der Waals surface area (Å²) in [5.41, 5.74) is 0. The number of amides is 1. The molecule has 1 aromatic heterocycles. The Kier molecular flexibility index (Phi) is 4.47. The van der Waals surface area contributed by atoms with Crippen molar-refractivity contribution in [3.8, 4) is 0 Å². The number of rotatable bonds is 4. The van der Waals surface area contributed by atoms with E-state index in [0.29, 0.717) is 30.2 Å². The van der Waals surface area contributed by atoms with Gasteiger partial charge in [-0.25, -0.2) is 0 Å². The van der Waals surface area contributed by atoms with E-state index < -0.39 is 0 Å². The summed E-state index contributed by atoms with van der Waals surface area (Å²) in [6, 6.07) is 0.884. The fourth-order valence-electron chi connectivity index (χ4n) is 4.04. The van der Waals surface area contributed by atoms with Crippen molar-refractivity contribution in [2.45, 2.75) is 71.0 Å². The fraction of sp³-hybridized carbons (Fsp3) is 0.812. The van der Waals surface area contributed by atoms with Crippen molar-refractivity contribution in [2.24, 2.45) is 0 Å². The molecule has 0 unspecified atom stereocenters. The lowest BCUT2D eigenvalue weighted by molar-refractivity contribution is -0.132. The normalized spacial score (nSPS) is 27.5. The van der Waals surface area contributed by atoms with Crippen LogP contribution in [0.4, 0.5) is 0 Å². The molecule has 2 fully saturated rings. The van der Waals surface area contributed by atoms with Gasteiger partial charge in [-0.05, 0) is 46.1 Å². The van der Waals surface area contributed by atoms with Crippen molar-refractivity contribution in [3.05, 3.63) is 11.7 Å². The van der Waals surface area contributed by atoms with Gasteiger partial charge < -0.3 is 9.42 Å². The fourth-order valence-corrected chi connectivity index (χ4v) is 4.04. The Hall–Kier alpha value is -1.43. The molecule has 122 valence electrons. The third-order valence-corrected chi connectivity index (χ3v) is 5.11. The molecule has 0 saturated carbocycles. The van der Waals surface area contributed by atoms with Gasteiger partial charge in [0.2, 0.25) is 11.8 Å². The number of carbonyl (C=O) groups is 1. The lowest BCUT2D eigenvalue weighted by Crippen LogP contribution is -2.48. The van der Waals surface area contributed by atoms with Crippen molar-refractivity contribution in [1.29, 1.82) is 0 Å². The highest BCUT2D eigenvalue weighted by molar-refractivity contribution is 5.76. The first kappa shape index (κ1) is 15.5. The molecule has 3 atom stereocenters. The average molecular weight is 306 g/mol. The van der Waals surface area contributed by atoms with Gasteiger partial charge in [0.1, 0.15) is 0 Å². The van der Waals surface area contributed by atoms with Crippen LogP contribution in [0.3, 0.4) is 0 Å². The van der Waals surface area contributed by atoms with Gasteiger partial charge in [-0.2, -0.15) is 4.98 Å². The summed E-state index contributed by atoms with van der Waals surface area (Å²) in [6.07, 6.45) is 5.15. The molecule has 2 saturated heterocycles. The van der Waals surface area contributed by atoms with Crippen LogP contribution < -0.4 is 0 Å². The monoisotopic (exact) mass is 306 g/mol. The topological polar surface area (TPSA) is 62.5 Å². The molecule has 2 aliphatic rings. The molecule has 0 N–H and O–H groups in total. The summed E-state index contributed by atoms with van der Waals surface area (Å²) in [4.78, 5) is 21.1. The van der Waals surface area contributed by atoms with E-state index >= 15 is 0 Å². The van der Waals surface area contributed by atoms with Crippen LogP contribution in [0.1, 0.15) is 63.7 Å². The van der Waals surface area contributed by atoms with Crippen LogP contribution in [0, 0.1) is 6.92 Å². The van der Waals surface area contributed by atoms with E-state index in [0.717, 1.165) is 32.4 Å². The van der Waals surface area contributed by atoms with E-state index in [1.54, 1.807) is 0 Å². The Bertz CT molecular complexity index is 530. The van der Waals surface area contributed by atoms with Gasteiger partial charge in [-0.15, -0.1) is 0 Å². The van der Waals surface area contributed by atoms with Gasteiger partial charge in [0, 0.05) is 25.0 Å². The number of hydrogen-bond acceptors (Lipinski definition) is 5. The highest BCUT2D eigenvalue weighted by Gasteiger charge is 2.41. The van der Waals surface area contributed by atoms with Crippen LogP contribution in [-0.2, 0) is 4.79 Å². The molecule has 0 aromatic carbocycles. The number of carbonyl (C=O) groups excluding carboxylic acids is 1. The number of nitrogens with zero attached hydrogens (tertiary/aromatic N) is 4. The summed E-state index contributed by atoms with van der Waals surface area (Å²) in [5, 5.41) is 3.91. The SMILES string of the molecule is CCC(=O)N1CCC[C@@H]1[C@H]1CCCN1[C@@H](C)c1nc(C)no1. The van der Waals surface area contributed by atoms with Crippen LogP contribution in [0.5, 0.6) is 0 Å². The van der Waals surface area contributed by atoms with Gasteiger partial charge in [0.25, 0.3) is 0 Å². The summed E-state index contributed by atoms with van der Waals surface area (Å²) in [6.45, 7) is 7.88. The number of hydrogen-bond donors (Lipinski definition) is 0. The molecule has 0 radical (unpaired) electrons. The van der Waals surface area contributed by atoms with E-state index in [9.17, 15) is 4.79 Å². The number of aryl methyl sites for hydroxylation is 1. The lowest BCUT2D eigenvalue weighted by Gasteiger charge is -2.36. The second kappa shape index (κ2) is 6.36. The van der Waals surface area contributed by atoms with Crippen molar-refractivity contribution in [3.63, 3.8) is 0 Å². The maximum atomic E-state index is 12.2. The van der Waals surface area contributed by atoms with Gasteiger partial charge in [0.15, 0.2) is 5.82 Å². The molecule has 6 nitrogen and oxygen atoms in total. The highest BCUT2D eigenvalue weighted by atomic mass is 16.5. The second-order valence-corrected chi connectivity index (χ2v) is 6.45. The van der Waals surface area contributed by atoms with Crippen LogP contribution >= 0.6 is 0 Å². The molecule has 3 rings (SSSR count). The van der Waals surface area contributed by atoms with Crippen LogP contribution in [0.15, 0.2) is 4.52 Å². The summed E-state index contributed by atoms with van der Waals surface area (Å²) < 4.78 is 5.36. The zero-order valence-corrected chi connectivity index (χ0v) is 13.8. The summed E-state index contributed by atoms with van der Waals surface area (Å²) in [5.74, 6) is 1.66. The van der Waals surface area contributed by atoms with Crippen LogP contribution in [0.25, 0.3) is 0 Å². The Morgan fingerprint density at radius 1 is 1.32 bits per heavy atom. The predicted molar refractivity (Wildman–Crippen MR) is 82.2 cm³/mol. The maximum absolute atomic E-state index is 12.2. The third-order valence-electron chi connectivity index (χ3n) is 5.11. The third kappa shape index (κ3) is 2.76. The average Bonchev–Trinajstić information content (AvgIpc) is 3.24. The number of aromatic nitrogens is 2. The minimum Gasteiger partial charge on any atom is -0.338 e. The molecule has 2 aliphatic heterocycles. The predicted octanol–water partition coefficient (Wildman–Crippen LogP) is 2.30. The van der Waals surface area contributed by atoms with E-state index in [1.807, 2.05) is 13.8 Å². The molecule has 0 aliphatic carbocycles. The van der Waals surface area contributed by atoms with Crippen molar-refractivity contribution in [2.75, 3.05) is 13.1 Å². The molecular weight excluding hydrogens is 280 g/mol. The van der Waals surface area contributed by atoms with E-state index in [-0.39, 0.29) is 11.9 Å².